The maximum Gasteiger partial charge on any atom is 0.315 e. The predicted octanol–water partition coefficient (Wildman–Crippen LogP) is 3.54. The lowest BCUT2D eigenvalue weighted by Gasteiger charge is -2.46. The van der Waals surface area contributed by atoms with Crippen LogP contribution in [0.3, 0.4) is 0 Å². The molecule has 1 fully saturated rings. The van der Waals surface area contributed by atoms with Crippen molar-refractivity contribution in [2.75, 3.05) is 39.1 Å². The number of fused-ring (bicyclic) bond motifs is 1. The first-order valence-corrected chi connectivity index (χ1v) is 10.7. The summed E-state index contributed by atoms with van der Waals surface area (Å²) in [5, 5.41) is 6.22. The summed E-state index contributed by atoms with van der Waals surface area (Å²) in [6.45, 7) is 2.54. The van der Waals surface area contributed by atoms with Crippen LogP contribution >= 0.6 is 0 Å². The Morgan fingerprint density at radius 3 is 2.53 bits per heavy atom. The number of nitrogens with one attached hydrogen (secondary N) is 2. The van der Waals surface area contributed by atoms with E-state index in [1.165, 1.54) is 0 Å². The summed E-state index contributed by atoms with van der Waals surface area (Å²) in [5.41, 5.74) is 3.09. The van der Waals surface area contributed by atoms with E-state index in [1.807, 2.05) is 44.4 Å². The quantitative estimate of drug-likeness (QED) is 0.813. The zero-order valence-electron chi connectivity index (χ0n) is 18.1. The molecule has 1 saturated heterocycles. The first kappa shape index (κ1) is 20.5. The van der Waals surface area contributed by atoms with Gasteiger partial charge in [-0.05, 0) is 43.7 Å². The summed E-state index contributed by atoms with van der Waals surface area (Å²) >= 11 is 0. The Kier molecular flexibility index (Phi) is 5.86. The van der Waals surface area contributed by atoms with Gasteiger partial charge in [0.2, 0.25) is 0 Å². The number of hydrogen-bond donors (Lipinski definition) is 2. The average Bonchev–Trinajstić information content (AvgIpc) is 2.75. The number of benzene rings is 2. The Bertz CT molecular complexity index is 873. The van der Waals surface area contributed by atoms with Crippen molar-refractivity contribution in [3.05, 3.63) is 59.7 Å². The molecule has 2 amide bonds. The van der Waals surface area contributed by atoms with Gasteiger partial charge >= 0.3 is 6.03 Å². The van der Waals surface area contributed by atoms with Gasteiger partial charge in [-0.15, -0.1) is 0 Å². The average molecular weight is 409 g/mol. The molecule has 2 N–H and O–H groups in total. The zero-order chi connectivity index (χ0) is 21.1. The van der Waals surface area contributed by atoms with Crippen LogP contribution in [0.1, 0.15) is 36.4 Å². The topological polar surface area (TPSA) is 56.8 Å². The Balaban J connectivity index is 1.41. The number of likely N-dealkylation sites (tertiary alicyclic amines) is 1. The lowest BCUT2D eigenvalue weighted by atomic mass is 9.80. The third-order valence-electron chi connectivity index (χ3n) is 6.31. The number of urea groups is 1. The van der Waals surface area contributed by atoms with Crippen molar-refractivity contribution in [2.45, 2.75) is 37.5 Å². The predicted molar refractivity (Wildman–Crippen MR) is 120 cm³/mol. The molecule has 160 valence electrons. The minimum absolute atomic E-state index is 0.0468. The summed E-state index contributed by atoms with van der Waals surface area (Å²) in [6.07, 6.45) is 2.77. The molecular formula is C24H32N4O2. The zero-order valence-corrected chi connectivity index (χ0v) is 18.1. The van der Waals surface area contributed by atoms with E-state index in [-0.39, 0.29) is 17.7 Å². The van der Waals surface area contributed by atoms with Gasteiger partial charge < -0.3 is 25.2 Å². The third kappa shape index (κ3) is 4.54. The summed E-state index contributed by atoms with van der Waals surface area (Å²) in [4.78, 5) is 17.1. The summed E-state index contributed by atoms with van der Waals surface area (Å²) < 4.78 is 6.48. The fraction of sp³-hybridized carbons (Fsp3) is 0.458. The number of carbonyl (C=O) groups excluding carboxylic acids is 1. The van der Waals surface area contributed by atoms with E-state index in [1.54, 1.807) is 0 Å². The first-order chi connectivity index (χ1) is 14.4. The molecule has 6 nitrogen and oxygen atoms in total. The lowest BCUT2D eigenvalue weighted by Crippen LogP contribution is -2.52. The second-order valence-corrected chi connectivity index (χ2v) is 8.77. The fourth-order valence-electron chi connectivity index (χ4n) is 4.38. The highest BCUT2D eigenvalue weighted by atomic mass is 16.5. The van der Waals surface area contributed by atoms with Gasteiger partial charge in [-0.1, -0.05) is 30.3 Å². The number of anilines is 1. The highest BCUT2D eigenvalue weighted by molar-refractivity contribution is 5.74. The molecular weight excluding hydrogens is 376 g/mol. The number of carbonyl (C=O) groups is 1. The Morgan fingerprint density at radius 1 is 1.13 bits per heavy atom. The molecule has 1 unspecified atom stereocenters. The molecule has 2 aliphatic rings. The van der Waals surface area contributed by atoms with Crippen molar-refractivity contribution in [1.29, 1.82) is 0 Å². The number of nitrogens with zero attached hydrogens (tertiary/aromatic N) is 2. The van der Waals surface area contributed by atoms with Crippen molar-refractivity contribution < 1.29 is 9.53 Å². The lowest BCUT2D eigenvalue weighted by molar-refractivity contribution is -0.0190. The van der Waals surface area contributed by atoms with Gasteiger partial charge in [0.1, 0.15) is 11.4 Å². The number of para-hydroxylation sites is 1. The maximum absolute atomic E-state index is 12.7. The van der Waals surface area contributed by atoms with Gasteiger partial charge in [-0.2, -0.15) is 0 Å². The van der Waals surface area contributed by atoms with Gasteiger partial charge in [0.25, 0.3) is 0 Å². The van der Waals surface area contributed by atoms with Gasteiger partial charge in [-0.3, -0.25) is 0 Å². The van der Waals surface area contributed by atoms with Crippen LogP contribution < -0.4 is 20.3 Å². The van der Waals surface area contributed by atoms with Crippen LogP contribution in [0.5, 0.6) is 5.75 Å². The van der Waals surface area contributed by atoms with Crippen molar-refractivity contribution in [2.24, 2.45) is 0 Å². The van der Waals surface area contributed by atoms with E-state index in [4.69, 9.17) is 4.74 Å². The first-order valence-electron chi connectivity index (χ1n) is 10.7. The van der Waals surface area contributed by atoms with Crippen molar-refractivity contribution in [1.82, 2.24) is 15.5 Å². The van der Waals surface area contributed by atoms with E-state index in [0.29, 0.717) is 6.54 Å². The molecule has 0 bridgehead atoms. The third-order valence-corrected chi connectivity index (χ3v) is 6.31. The second-order valence-electron chi connectivity index (χ2n) is 8.77. The van der Waals surface area contributed by atoms with Gasteiger partial charge in [0.05, 0.1) is 6.04 Å². The summed E-state index contributed by atoms with van der Waals surface area (Å²) in [5.74, 6) is 0.901. The molecule has 6 heteroatoms. The number of amides is 2. The molecule has 0 aliphatic carbocycles. The van der Waals surface area contributed by atoms with E-state index in [0.717, 1.165) is 54.9 Å². The number of rotatable bonds is 4. The van der Waals surface area contributed by atoms with E-state index in [2.05, 4.69) is 45.7 Å². The van der Waals surface area contributed by atoms with Crippen LogP contribution in [0, 0.1) is 0 Å². The number of piperidine rings is 1. The smallest absolute Gasteiger partial charge is 0.315 e. The van der Waals surface area contributed by atoms with Crippen LogP contribution in [0.4, 0.5) is 10.5 Å². The molecule has 0 aromatic heterocycles. The van der Waals surface area contributed by atoms with E-state index < -0.39 is 0 Å². The largest absolute Gasteiger partial charge is 0.487 e. The van der Waals surface area contributed by atoms with Crippen LogP contribution in [0.15, 0.2) is 48.5 Å². The second kappa shape index (κ2) is 8.56. The fourth-order valence-corrected chi connectivity index (χ4v) is 4.38. The Labute approximate surface area is 179 Å². The monoisotopic (exact) mass is 408 g/mol. The summed E-state index contributed by atoms with van der Waals surface area (Å²) in [7, 11) is 6.19. The molecule has 30 heavy (non-hydrogen) atoms. The van der Waals surface area contributed by atoms with Gasteiger partial charge in [-0.25, -0.2) is 4.79 Å². The normalized spacial score (nSPS) is 20.2. The van der Waals surface area contributed by atoms with E-state index in [9.17, 15) is 4.79 Å². The number of ether oxygens (including phenoxy) is 1. The molecule has 2 aromatic rings. The minimum Gasteiger partial charge on any atom is -0.487 e. The minimum atomic E-state index is -0.194. The van der Waals surface area contributed by atoms with Crippen molar-refractivity contribution >= 4 is 11.7 Å². The SMILES string of the molecule is CN1CCC2(CC1)CC(NC(=O)NCc1ccc(N(C)C)cc1)c1ccccc1O2. The molecule has 4 rings (SSSR count). The molecule has 0 saturated carbocycles. The van der Waals surface area contributed by atoms with Crippen molar-refractivity contribution in [3.63, 3.8) is 0 Å². The molecule has 1 atom stereocenters. The highest BCUT2D eigenvalue weighted by Crippen LogP contribution is 2.44. The molecule has 2 heterocycles. The van der Waals surface area contributed by atoms with Crippen molar-refractivity contribution in [3.8, 4) is 5.75 Å². The van der Waals surface area contributed by atoms with Crippen LogP contribution in [0.25, 0.3) is 0 Å². The summed E-state index contributed by atoms with van der Waals surface area (Å²) in [6, 6.07) is 16.1. The van der Waals surface area contributed by atoms with Gasteiger partial charge in [0.15, 0.2) is 0 Å². The van der Waals surface area contributed by atoms with E-state index >= 15 is 0 Å². The van der Waals surface area contributed by atoms with Crippen LogP contribution in [-0.4, -0.2) is 50.8 Å². The Morgan fingerprint density at radius 2 is 1.83 bits per heavy atom. The maximum atomic E-state index is 12.7. The molecule has 1 spiro atoms. The standard InChI is InChI=1S/C24H32N4O2/c1-27(2)19-10-8-18(9-11-19)17-25-23(29)26-21-16-24(12-14-28(3)15-13-24)30-22-7-5-4-6-20(21)22/h4-11,21H,12-17H2,1-3H3,(H2,25,26,29). The van der Waals surface area contributed by atoms with Crippen LogP contribution in [-0.2, 0) is 6.54 Å². The van der Waals surface area contributed by atoms with Gasteiger partial charge in [0, 0.05) is 51.4 Å². The molecule has 2 aliphatic heterocycles. The molecule has 2 aromatic carbocycles. The number of hydrogen-bond acceptors (Lipinski definition) is 4. The highest BCUT2D eigenvalue weighted by Gasteiger charge is 2.43. The van der Waals surface area contributed by atoms with Crippen LogP contribution in [0.2, 0.25) is 0 Å². The molecule has 0 radical (unpaired) electrons. The Hall–Kier alpha value is -2.73.